The van der Waals surface area contributed by atoms with Gasteiger partial charge in [0.25, 0.3) is 0 Å². The van der Waals surface area contributed by atoms with Crippen LogP contribution in [0.25, 0.3) is 0 Å². The van der Waals surface area contributed by atoms with Crippen LogP contribution in [-0.2, 0) is 4.79 Å². The van der Waals surface area contributed by atoms with Crippen LogP contribution in [0.1, 0.15) is 13.8 Å². The van der Waals surface area contributed by atoms with E-state index in [1.807, 2.05) is 0 Å². The van der Waals surface area contributed by atoms with Crippen LogP contribution in [0.4, 0.5) is 10.1 Å². The Kier molecular flexibility index (Phi) is 4.12. The van der Waals surface area contributed by atoms with E-state index >= 15 is 0 Å². The SMILES string of the molecule is CC(C)C(Nc1ccc(Cl)cc1F)C(=O)O. The van der Waals surface area contributed by atoms with E-state index in [1.54, 1.807) is 13.8 Å². The van der Waals surface area contributed by atoms with Gasteiger partial charge < -0.3 is 10.4 Å². The summed E-state index contributed by atoms with van der Waals surface area (Å²) in [6.45, 7) is 3.50. The Bertz CT molecular complexity index is 396. The van der Waals surface area contributed by atoms with Crippen molar-refractivity contribution in [3.05, 3.63) is 29.0 Å². The van der Waals surface area contributed by atoms with Crippen molar-refractivity contribution in [3.63, 3.8) is 0 Å². The van der Waals surface area contributed by atoms with Crippen LogP contribution >= 0.6 is 11.6 Å². The second-order valence-corrected chi connectivity index (χ2v) is 4.26. The molecule has 88 valence electrons. The van der Waals surface area contributed by atoms with Gasteiger partial charge in [0.05, 0.1) is 5.69 Å². The number of aliphatic carboxylic acids is 1. The molecule has 0 saturated heterocycles. The molecule has 1 unspecified atom stereocenters. The highest BCUT2D eigenvalue weighted by atomic mass is 35.5. The lowest BCUT2D eigenvalue weighted by Gasteiger charge is -2.19. The first-order valence-electron chi connectivity index (χ1n) is 4.86. The zero-order valence-corrected chi connectivity index (χ0v) is 9.75. The number of hydrogen-bond donors (Lipinski definition) is 2. The number of hydrogen-bond acceptors (Lipinski definition) is 2. The number of halogens is 2. The maximum absolute atomic E-state index is 13.4. The summed E-state index contributed by atoms with van der Waals surface area (Å²) in [5.74, 6) is -1.71. The van der Waals surface area contributed by atoms with Crippen molar-refractivity contribution in [2.75, 3.05) is 5.32 Å². The van der Waals surface area contributed by atoms with Gasteiger partial charge in [-0.15, -0.1) is 0 Å². The molecule has 3 nitrogen and oxygen atoms in total. The van der Waals surface area contributed by atoms with E-state index < -0.39 is 17.8 Å². The van der Waals surface area contributed by atoms with Crippen molar-refractivity contribution in [2.45, 2.75) is 19.9 Å². The molecule has 1 atom stereocenters. The minimum Gasteiger partial charge on any atom is -0.480 e. The number of anilines is 1. The highest BCUT2D eigenvalue weighted by Crippen LogP contribution is 2.21. The van der Waals surface area contributed by atoms with E-state index in [4.69, 9.17) is 16.7 Å². The maximum Gasteiger partial charge on any atom is 0.326 e. The minimum absolute atomic E-state index is 0.144. The van der Waals surface area contributed by atoms with Crippen molar-refractivity contribution in [2.24, 2.45) is 5.92 Å². The van der Waals surface area contributed by atoms with E-state index in [-0.39, 0.29) is 16.6 Å². The van der Waals surface area contributed by atoms with Gasteiger partial charge in [0, 0.05) is 5.02 Å². The molecule has 0 saturated carbocycles. The molecule has 0 spiro atoms. The van der Waals surface area contributed by atoms with Gasteiger partial charge in [0.15, 0.2) is 0 Å². The van der Waals surface area contributed by atoms with E-state index in [2.05, 4.69) is 5.32 Å². The number of carboxylic acid groups (broad SMARTS) is 1. The normalized spacial score (nSPS) is 12.6. The fourth-order valence-corrected chi connectivity index (χ4v) is 1.45. The summed E-state index contributed by atoms with van der Waals surface area (Å²) >= 11 is 5.59. The summed E-state index contributed by atoms with van der Waals surface area (Å²) in [4.78, 5) is 10.9. The molecule has 0 bridgehead atoms. The van der Waals surface area contributed by atoms with Gasteiger partial charge in [0.2, 0.25) is 0 Å². The lowest BCUT2D eigenvalue weighted by molar-refractivity contribution is -0.138. The molecule has 0 aromatic heterocycles. The standard InChI is InChI=1S/C11H13ClFNO2/c1-6(2)10(11(15)16)14-9-4-3-7(12)5-8(9)13/h3-6,10,14H,1-2H3,(H,15,16). The van der Waals surface area contributed by atoms with Gasteiger partial charge in [-0.1, -0.05) is 25.4 Å². The molecule has 0 amide bonds. The fourth-order valence-electron chi connectivity index (χ4n) is 1.29. The van der Waals surface area contributed by atoms with Crippen LogP contribution in [0.3, 0.4) is 0 Å². The first kappa shape index (κ1) is 12.8. The zero-order valence-electron chi connectivity index (χ0n) is 9.00. The van der Waals surface area contributed by atoms with Gasteiger partial charge in [-0.25, -0.2) is 9.18 Å². The largest absolute Gasteiger partial charge is 0.480 e. The first-order chi connectivity index (χ1) is 7.41. The van der Waals surface area contributed by atoms with E-state index in [0.717, 1.165) is 6.07 Å². The molecule has 1 rings (SSSR count). The van der Waals surface area contributed by atoms with Crippen LogP contribution < -0.4 is 5.32 Å². The summed E-state index contributed by atoms with van der Waals surface area (Å²) in [5, 5.41) is 11.9. The van der Waals surface area contributed by atoms with Gasteiger partial charge in [-0.3, -0.25) is 0 Å². The molecule has 1 aromatic rings. The van der Waals surface area contributed by atoms with Crippen LogP contribution in [-0.4, -0.2) is 17.1 Å². The topological polar surface area (TPSA) is 49.3 Å². The summed E-state index contributed by atoms with van der Waals surface area (Å²) < 4.78 is 13.4. The molecule has 0 heterocycles. The van der Waals surface area contributed by atoms with E-state index in [1.165, 1.54) is 12.1 Å². The maximum atomic E-state index is 13.4. The lowest BCUT2D eigenvalue weighted by atomic mass is 10.0. The summed E-state index contributed by atoms with van der Waals surface area (Å²) in [6, 6.07) is 3.25. The third-order valence-corrected chi connectivity index (χ3v) is 2.41. The second kappa shape index (κ2) is 5.16. The molecule has 1 aromatic carbocycles. The van der Waals surface area contributed by atoms with Crippen molar-refractivity contribution in [1.82, 2.24) is 0 Å². The number of nitrogens with one attached hydrogen (secondary N) is 1. The molecular formula is C11H13ClFNO2. The average Bonchev–Trinajstić information content (AvgIpc) is 2.15. The number of benzene rings is 1. The Morgan fingerprint density at radius 3 is 2.56 bits per heavy atom. The number of rotatable bonds is 4. The molecule has 0 radical (unpaired) electrons. The zero-order chi connectivity index (χ0) is 12.3. The third kappa shape index (κ3) is 3.10. The third-order valence-electron chi connectivity index (χ3n) is 2.17. The molecule has 5 heteroatoms. The van der Waals surface area contributed by atoms with Gasteiger partial charge >= 0.3 is 5.97 Å². The molecule has 0 fully saturated rings. The summed E-state index contributed by atoms with van der Waals surface area (Å²) in [6.07, 6.45) is 0. The van der Waals surface area contributed by atoms with Crippen molar-refractivity contribution in [3.8, 4) is 0 Å². The predicted molar refractivity (Wildman–Crippen MR) is 61.3 cm³/mol. The quantitative estimate of drug-likeness (QED) is 0.857. The molecule has 0 aliphatic heterocycles. The van der Waals surface area contributed by atoms with Crippen molar-refractivity contribution < 1.29 is 14.3 Å². The molecule has 0 aliphatic carbocycles. The Morgan fingerprint density at radius 1 is 1.50 bits per heavy atom. The first-order valence-corrected chi connectivity index (χ1v) is 5.24. The van der Waals surface area contributed by atoms with E-state index in [0.29, 0.717) is 0 Å². The van der Waals surface area contributed by atoms with Crippen LogP contribution in [0.5, 0.6) is 0 Å². The Morgan fingerprint density at radius 2 is 2.12 bits per heavy atom. The Labute approximate surface area is 98.2 Å². The predicted octanol–water partition coefficient (Wildman–Crippen LogP) is 3.00. The fraction of sp³-hybridized carbons (Fsp3) is 0.364. The second-order valence-electron chi connectivity index (χ2n) is 3.83. The number of carbonyl (C=O) groups is 1. The average molecular weight is 246 g/mol. The monoisotopic (exact) mass is 245 g/mol. The smallest absolute Gasteiger partial charge is 0.326 e. The van der Waals surface area contributed by atoms with Gasteiger partial charge in [-0.05, 0) is 24.1 Å². The molecule has 2 N–H and O–H groups in total. The van der Waals surface area contributed by atoms with Crippen LogP contribution in [0.2, 0.25) is 5.02 Å². The minimum atomic E-state index is -1.01. The molecule has 16 heavy (non-hydrogen) atoms. The summed E-state index contributed by atoms with van der Waals surface area (Å²) in [5.41, 5.74) is 0.144. The summed E-state index contributed by atoms with van der Waals surface area (Å²) in [7, 11) is 0. The molecular weight excluding hydrogens is 233 g/mol. The van der Waals surface area contributed by atoms with Crippen molar-refractivity contribution >= 4 is 23.3 Å². The molecule has 0 aliphatic rings. The van der Waals surface area contributed by atoms with Gasteiger partial charge in [0.1, 0.15) is 11.9 Å². The van der Waals surface area contributed by atoms with Crippen LogP contribution in [0, 0.1) is 11.7 Å². The van der Waals surface area contributed by atoms with Crippen molar-refractivity contribution in [1.29, 1.82) is 0 Å². The Balaban J connectivity index is 2.90. The van der Waals surface area contributed by atoms with Crippen LogP contribution in [0.15, 0.2) is 18.2 Å². The lowest BCUT2D eigenvalue weighted by Crippen LogP contribution is -2.34. The Hall–Kier alpha value is -1.29. The highest BCUT2D eigenvalue weighted by molar-refractivity contribution is 6.30. The van der Waals surface area contributed by atoms with E-state index in [9.17, 15) is 9.18 Å². The highest BCUT2D eigenvalue weighted by Gasteiger charge is 2.22. The van der Waals surface area contributed by atoms with Gasteiger partial charge in [-0.2, -0.15) is 0 Å². The number of carboxylic acids is 1.